The highest BCUT2D eigenvalue weighted by Gasteiger charge is 2.34. The van der Waals surface area contributed by atoms with Gasteiger partial charge in [0.25, 0.3) is 5.91 Å². The number of carbonyl (C=O) groups excluding carboxylic acids is 2. The number of aromatic nitrogens is 1. The summed E-state index contributed by atoms with van der Waals surface area (Å²) in [4.78, 5) is 23.4. The first-order valence-corrected chi connectivity index (χ1v) is 6.46. The van der Waals surface area contributed by atoms with Crippen LogP contribution in [0.5, 0.6) is 0 Å². The van der Waals surface area contributed by atoms with Crippen molar-refractivity contribution in [3.05, 3.63) is 23.5 Å². The van der Waals surface area contributed by atoms with Crippen molar-refractivity contribution in [2.24, 2.45) is 18.5 Å². The Bertz CT molecular complexity index is 506. The normalized spacial score (nSPS) is 16.5. The van der Waals surface area contributed by atoms with Gasteiger partial charge in [0.05, 0.1) is 11.1 Å². The molecule has 1 saturated carbocycles. The van der Waals surface area contributed by atoms with Crippen LogP contribution < -0.4 is 16.8 Å². The van der Waals surface area contributed by atoms with E-state index in [0.29, 0.717) is 17.8 Å². The van der Waals surface area contributed by atoms with Gasteiger partial charge < -0.3 is 21.4 Å². The number of halogens is 1. The summed E-state index contributed by atoms with van der Waals surface area (Å²) in [5.41, 5.74) is 11.5. The molecule has 112 valence electrons. The number of hydrogen-bond acceptors (Lipinski definition) is 3. The number of aryl methyl sites for hydroxylation is 1. The maximum absolute atomic E-state index is 12.3. The molecule has 0 aromatic carbocycles. The lowest BCUT2D eigenvalue weighted by Gasteiger charge is -2.28. The van der Waals surface area contributed by atoms with E-state index in [-0.39, 0.29) is 23.9 Å². The molecule has 0 unspecified atom stereocenters. The minimum atomic E-state index is -0.538. The molecule has 6 nitrogen and oxygen atoms in total. The van der Waals surface area contributed by atoms with Crippen LogP contribution in [0.4, 0.5) is 0 Å². The molecule has 5 N–H and O–H groups in total. The fourth-order valence-corrected chi connectivity index (χ4v) is 2.66. The number of primary amides is 1. The molecule has 1 aromatic heterocycles. The SMILES string of the molecule is Cl.Cn1cc(C(N)=O)cc1C(=O)NC1(CN)CCCC1. The summed E-state index contributed by atoms with van der Waals surface area (Å²) in [6.07, 6.45) is 5.53. The van der Waals surface area contributed by atoms with Crippen molar-refractivity contribution < 1.29 is 9.59 Å². The highest BCUT2D eigenvalue weighted by molar-refractivity contribution is 5.99. The first-order chi connectivity index (χ1) is 8.97. The van der Waals surface area contributed by atoms with Gasteiger partial charge in [-0.3, -0.25) is 9.59 Å². The summed E-state index contributed by atoms with van der Waals surface area (Å²) in [5.74, 6) is -0.744. The first-order valence-electron chi connectivity index (χ1n) is 6.46. The summed E-state index contributed by atoms with van der Waals surface area (Å²) < 4.78 is 1.61. The molecule has 1 fully saturated rings. The summed E-state index contributed by atoms with van der Waals surface area (Å²) in [6.45, 7) is 0.436. The van der Waals surface area contributed by atoms with E-state index in [4.69, 9.17) is 11.5 Å². The Morgan fingerprint density at radius 1 is 1.40 bits per heavy atom. The molecule has 0 spiro atoms. The minimum Gasteiger partial charge on any atom is -0.366 e. The zero-order chi connectivity index (χ0) is 14.0. The third-order valence-corrected chi connectivity index (χ3v) is 3.85. The molecule has 0 atom stereocenters. The van der Waals surface area contributed by atoms with Gasteiger partial charge in [-0.2, -0.15) is 0 Å². The maximum Gasteiger partial charge on any atom is 0.268 e. The standard InChI is InChI=1S/C13H20N4O2.ClH/c1-17-7-9(11(15)18)6-10(17)12(19)16-13(8-14)4-2-3-5-13;/h6-7H,2-5,8,14H2,1H3,(H2,15,18)(H,16,19);1H. The fraction of sp³-hybridized carbons (Fsp3) is 0.538. The van der Waals surface area contributed by atoms with Gasteiger partial charge in [-0.25, -0.2) is 0 Å². The molecule has 2 rings (SSSR count). The fourth-order valence-electron chi connectivity index (χ4n) is 2.66. The lowest BCUT2D eigenvalue weighted by atomic mass is 9.97. The molecule has 1 aliphatic carbocycles. The number of nitrogens with one attached hydrogen (secondary N) is 1. The van der Waals surface area contributed by atoms with Crippen LogP contribution in [-0.4, -0.2) is 28.5 Å². The number of rotatable bonds is 4. The largest absolute Gasteiger partial charge is 0.366 e. The van der Waals surface area contributed by atoms with E-state index in [1.54, 1.807) is 17.8 Å². The Labute approximate surface area is 124 Å². The zero-order valence-corrected chi connectivity index (χ0v) is 12.3. The van der Waals surface area contributed by atoms with Gasteiger partial charge in [0.2, 0.25) is 5.91 Å². The molecule has 1 aliphatic rings. The molecule has 1 aromatic rings. The van der Waals surface area contributed by atoms with Crippen molar-refractivity contribution in [3.8, 4) is 0 Å². The summed E-state index contributed by atoms with van der Waals surface area (Å²) in [6, 6.07) is 1.51. The second kappa shape index (κ2) is 6.28. The minimum absolute atomic E-state index is 0. The van der Waals surface area contributed by atoms with Gasteiger partial charge in [0.1, 0.15) is 5.69 Å². The van der Waals surface area contributed by atoms with Crippen LogP contribution in [0.25, 0.3) is 0 Å². The van der Waals surface area contributed by atoms with Gasteiger partial charge in [0, 0.05) is 19.8 Å². The van der Waals surface area contributed by atoms with Crippen LogP contribution in [0, 0.1) is 0 Å². The number of amides is 2. The molecule has 1 heterocycles. The molecular weight excluding hydrogens is 280 g/mol. The van der Waals surface area contributed by atoms with Crippen molar-refractivity contribution in [2.75, 3.05) is 6.54 Å². The molecule has 0 aliphatic heterocycles. The van der Waals surface area contributed by atoms with E-state index in [2.05, 4.69) is 5.32 Å². The second-order valence-corrected chi connectivity index (χ2v) is 5.23. The first kappa shape index (κ1) is 16.5. The smallest absolute Gasteiger partial charge is 0.268 e. The summed E-state index contributed by atoms with van der Waals surface area (Å²) in [5, 5.41) is 3.01. The number of nitrogens with zero attached hydrogens (tertiary/aromatic N) is 1. The van der Waals surface area contributed by atoms with Gasteiger partial charge in [-0.1, -0.05) is 12.8 Å². The maximum atomic E-state index is 12.3. The highest BCUT2D eigenvalue weighted by atomic mass is 35.5. The zero-order valence-electron chi connectivity index (χ0n) is 11.5. The lowest BCUT2D eigenvalue weighted by molar-refractivity contribution is 0.0894. The monoisotopic (exact) mass is 300 g/mol. The Morgan fingerprint density at radius 3 is 2.45 bits per heavy atom. The van der Waals surface area contributed by atoms with Crippen LogP contribution >= 0.6 is 12.4 Å². The van der Waals surface area contributed by atoms with E-state index in [9.17, 15) is 9.59 Å². The third-order valence-electron chi connectivity index (χ3n) is 3.85. The predicted octanol–water partition coefficient (Wildman–Crippen LogP) is 0.547. The van der Waals surface area contributed by atoms with Gasteiger partial charge >= 0.3 is 0 Å². The van der Waals surface area contributed by atoms with Gasteiger partial charge in [-0.05, 0) is 18.9 Å². The van der Waals surface area contributed by atoms with Crippen LogP contribution in [0.1, 0.15) is 46.5 Å². The Kier molecular flexibility index (Phi) is 5.19. The van der Waals surface area contributed by atoms with Crippen molar-refractivity contribution >= 4 is 24.2 Å². The van der Waals surface area contributed by atoms with Gasteiger partial charge in [0.15, 0.2) is 0 Å². The molecular formula is C13H21ClN4O2. The van der Waals surface area contributed by atoms with E-state index >= 15 is 0 Å². The number of carbonyl (C=O) groups is 2. The van der Waals surface area contributed by atoms with E-state index in [1.807, 2.05) is 0 Å². The van der Waals surface area contributed by atoms with Crippen molar-refractivity contribution in [3.63, 3.8) is 0 Å². The predicted molar refractivity (Wildman–Crippen MR) is 78.9 cm³/mol. The molecule has 0 saturated heterocycles. The van der Waals surface area contributed by atoms with E-state index in [1.165, 1.54) is 6.07 Å². The van der Waals surface area contributed by atoms with Gasteiger partial charge in [-0.15, -0.1) is 12.4 Å². The molecule has 0 bridgehead atoms. The van der Waals surface area contributed by atoms with Crippen LogP contribution in [0.3, 0.4) is 0 Å². The molecule has 7 heteroatoms. The van der Waals surface area contributed by atoms with Crippen molar-refractivity contribution in [2.45, 2.75) is 31.2 Å². The van der Waals surface area contributed by atoms with Crippen LogP contribution in [0.2, 0.25) is 0 Å². The summed E-state index contributed by atoms with van der Waals surface area (Å²) in [7, 11) is 1.71. The quantitative estimate of drug-likeness (QED) is 0.756. The molecule has 0 radical (unpaired) electrons. The highest BCUT2D eigenvalue weighted by Crippen LogP contribution is 2.29. The average molecular weight is 301 g/mol. The van der Waals surface area contributed by atoms with E-state index in [0.717, 1.165) is 25.7 Å². The Hall–Kier alpha value is -1.53. The Balaban J connectivity index is 0.00000200. The molecule has 20 heavy (non-hydrogen) atoms. The topological polar surface area (TPSA) is 103 Å². The molecule has 2 amide bonds. The van der Waals surface area contributed by atoms with Crippen LogP contribution in [0.15, 0.2) is 12.3 Å². The number of hydrogen-bond donors (Lipinski definition) is 3. The second-order valence-electron chi connectivity index (χ2n) is 5.23. The van der Waals surface area contributed by atoms with Crippen molar-refractivity contribution in [1.82, 2.24) is 9.88 Å². The lowest BCUT2D eigenvalue weighted by Crippen LogP contribution is -2.51. The van der Waals surface area contributed by atoms with E-state index < -0.39 is 5.91 Å². The average Bonchev–Trinajstić information content (AvgIpc) is 2.96. The summed E-state index contributed by atoms with van der Waals surface area (Å²) >= 11 is 0. The Morgan fingerprint density at radius 2 is 2.00 bits per heavy atom. The van der Waals surface area contributed by atoms with Crippen molar-refractivity contribution in [1.29, 1.82) is 0 Å². The third kappa shape index (κ3) is 3.13. The number of nitrogens with two attached hydrogens (primary N) is 2. The van der Waals surface area contributed by atoms with Crippen LogP contribution in [-0.2, 0) is 7.05 Å².